The molecule has 2 heterocycles. The average Bonchev–Trinajstić information content (AvgIpc) is 2.89. The molecule has 0 saturated heterocycles. The number of hydrogen-bond acceptors (Lipinski definition) is 5. The average molecular weight is 479 g/mol. The predicted molar refractivity (Wildman–Crippen MR) is 113 cm³/mol. The maximum atomic E-state index is 13.3. The molecular formula is C21H16F3N3O5S. The molecule has 1 aliphatic rings. The fourth-order valence-electron chi connectivity index (χ4n) is 3.26. The molecule has 4 rings (SSSR count). The number of anilines is 2. The summed E-state index contributed by atoms with van der Waals surface area (Å²) in [7, 11) is -4.23. The molecule has 2 aromatic carbocycles. The van der Waals surface area contributed by atoms with Gasteiger partial charge in [0.1, 0.15) is 17.3 Å². The minimum atomic E-state index is -4.55. The summed E-state index contributed by atoms with van der Waals surface area (Å²) in [4.78, 5) is 25.9. The van der Waals surface area contributed by atoms with Crippen LogP contribution in [-0.4, -0.2) is 32.5 Å². The Kier molecular flexibility index (Phi) is 5.62. The van der Waals surface area contributed by atoms with Crippen molar-refractivity contribution in [2.45, 2.75) is 11.1 Å². The van der Waals surface area contributed by atoms with Gasteiger partial charge >= 0.3 is 6.18 Å². The number of pyridine rings is 1. The van der Waals surface area contributed by atoms with Gasteiger partial charge in [-0.2, -0.15) is 13.2 Å². The molecule has 0 radical (unpaired) electrons. The molecule has 33 heavy (non-hydrogen) atoms. The maximum absolute atomic E-state index is 13.3. The lowest BCUT2D eigenvalue weighted by molar-refractivity contribution is -0.137. The van der Waals surface area contributed by atoms with Crippen LogP contribution in [0.4, 0.5) is 24.5 Å². The quantitative estimate of drug-likeness (QED) is 0.600. The molecule has 0 atom stereocenters. The molecule has 172 valence electrons. The molecule has 0 fully saturated rings. The second-order valence-electron chi connectivity index (χ2n) is 7.03. The first-order chi connectivity index (χ1) is 15.6. The number of alkyl halides is 3. The van der Waals surface area contributed by atoms with Crippen LogP contribution in [0.25, 0.3) is 0 Å². The lowest BCUT2D eigenvalue weighted by Crippen LogP contribution is -2.32. The van der Waals surface area contributed by atoms with Crippen molar-refractivity contribution in [3.05, 3.63) is 82.3 Å². The van der Waals surface area contributed by atoms with Crippen molar-refractivity contribution in [3.63, 3.8) is 0 Å². The Labute approximate surface area is 185 Å². The number of aromatic nitrogens is 1. The van der Waals surface area contributed by atoms with Crippen LogP contribution in [0.5, 0.6) is 5.75 Å². The summed E-state index contributed by atoms with van der Waals surface area (Å²) in [5.74, 6) is -0.592. The Morgan fingerprint density at radius 1 is 1.06 bits per heavy atom. The van der Waals surface area contributed by atoms with E-state index in [-0.39, 0.29) is 40.7 Å². The summed E-state index contributed by atoms with van der Waals surface area (Å²) in [6.45, 7) is -0.164. The molecule has 3 aromatic rings. The van der Waals surface area contributed by atoms with Gasteiger partial charge in [0.2, 0.25) is 5.56 Å². The lowest BCUT2D eigenvalue weighted by Gasteiger charge is -2.22. The third-order valence-electron chi connectivity index (χ3n) is 4.84. The number of H-pyrrole nitrogens is 1. The van der Waals surface area contributed by atoms with Crippen LogP contribution >= 0.6 is 0 Å². The molecular weight excluding hydrogens is 463 g/mol. The van der Waals surface area contributed by atoms with Crippen LogP contribution in [0.15, 0.2) is 70.5 Å². The van der Waals surface area contributed by atoms with Gasteiger partial charge in [0.05, 0.1) is 17.8 Å². The van der Waals surface area contributed by atoms with E-state index >= 15 is 0 Å². The normalized spacial score (nSPS) is 15.2. The highest BCUT2D eigenvalue weighted by molar-refractivity contribution is 7.93. The highest BCUT2D eigenvalue weighted by atomic mass is 32.2. The standard InChI is InChI=1S/C21H16F3N3O5S/c22-21(23,24)14-1-4-16(5-2-14)27-9-10-32-17-6-3-15(12-18(17)33(27,30)31)26-20(29)13-7-8-25-19(28)11-13/h1-8,11-12H,9-10H2,(H,25,28)(H,26,29). The first-order valence-electron chi connectivity index (χ1n) is 9.53. The second kappa shape index (κ2) is 8.28. The van der Waals surface area contributed by atoms with Crippen molar-refractivity contribution >= 4 is 27.3 Å². The van der Waals surface area contributed by atoms with E-state index in [1.807, 2.05) is 0 Å². The second-order valence-corrected chi connectivity index (χ2v) is 8.86. The summed E-state index contributed by atoms with van der Waals surface area (Å²) in [6, 6.07) is 10.2. The third kappa shape index (κ3) is 4.55. The van der Waals surface area contributed by atoms with Gasteiger partial charge in [0.25, 0.3) is 15.9 Å². The zero-order valence-electron chi connectivity index (χ0n) is 16.7. The van der Waals surface area contributed by atoms with Gasteiger partial charge in [-0.3, -0.25) is 13.9 Å². The minimum absolute atomic E-state index is 0.0360. The van der Waals surface area contributed by atoms with E-state index in [9.17, 15) is 31.2 Å². The van der Waals surface area contributed by atoms with Gasteiger partial charge in [-0.25, -0.2) is 8.42 Å². The third-order valence-corrected chi connectivity index (χ3v) is 6.69. The van der Waals surface area contributed by atoms with Crippen LogP contribution in [0.1, 0.15) is 15.9 Å². The monoisotopic (exact) mass is 479 g/mol. The van der Waals surface area contributed by atoms with Crippen molar-refractivity contribution in [1.29, 1.82) is 0 Å². The molecule has 0 spiro atoms. The highest BCUT2D eigenvalue weighted by Gasteiger charge is 2.33. The summed E-state index contributed by atoms with van der Waals surface area (Å²) in [5.41, 5.74) is -1.15. The Morgan fingerprint density at radius 3 is 2.45 bits per heavy atom. The van der Waals surface area contributed by atoms with Crippen molar-refractivity contribution in [2.75, 3.05) is 22.8 Å². The van der Waals surface area contributed by atoms with Gasteiger partial charge < -0.3 is 15.0 Å². The number of halogens is 3. The topological polar surface area (TPSA) is 109 Å². The minimum Gasteiger partial charge on any atom is -0.490 e. The molecule has 12 heteroatoms. The van der Waals surface area contributed by atoms with Crippen molar-refractivity contribution in [1.82, 2.24) is 4.98 Å². The van der Waals surface area contributed by atoms with Gasteiger partial charge in [-0.1, -0.05) is 0 Å². The molecule has 1 amide bonds. The summed E-state index contributed by atoms with van der Waals surface area (Å²) >= 11 is 0. The fraction of sp³-hybridized carbons (Fsp3) is 0.143. The fourth-order valence-corrected chi connectivity index (χ4v) is 4.87. The number of nitrogens with one attached hydrogen (secondary N) is 2. The number of benzene rings is 2. The van der Waals surface area contributed by atoms with E-state index in [4.69, 9.17) is 4.74 Å². The summed E-state index contributed by atoms with van der Waals surface area (Å²) in [5, 5.41) is 2.52. The van der Waals surface area contributed by atoms with E-state index in [0.717, 1.165) is 34.6 Å². The molecule has 8 nitrogen and oxygen atoms in total. The molecule has 0 unspecified atom stereocenters. The van der Waals surface area contributed by atoms with Crippen molar-refractivity contribution in [2.24, 2.45) is 0 Å². The first-order valence-corrected chi connectivity index (χ1v) is 11.0. The van der Waals surface area contributed by atoms with E-state index < -0.39 is 33.2 Å². The Bertz CT molecular complexity index is 1370. The van der Waals surface area contributed by atoms with Crippen LogP contribution in [0, 0.1) is 0 Å². The Morgan fingerprint density at radius 2 is 1.79 bits per heavy atom. The van der Waals surface area contributed by atoms with Crippen LogP contribution in [0.3, 0.4) is 0 Å². The van der Waals surface area contributed by atoms with Gasteiger partial charge in [0, 0.05) is 23.5 Å². The number of aromatic amines is 1. The van der Waals surface area contributed by atoms with E-state index in [2.05, 4.69) is 10.3 Å². The van der Waals surface area contributed by atoms with E-state index in [1.54, 1.807) is 0 Å². The maximum Gasteiger partial charge on any atom is 0.416 e. The number of amides is 1. The first kappa shape index (κ1) is 22.4. The molecule has 1 aliphatic heterocycles. The zero-order valence-corrected chi connectivity index (χ0v) is 17.5. The number of ether oxygens (including phenoxy) is 1. The van der Waals surface area contributed by atoms with Crippen LogP contribution < -0.4 is 19.9 Å². The van der Waals surface area contributed by atoms with Crippen LogP contribution in [-0.2, 0) is 16.2 Å². The SMILES string of the molecule is O=C(Nc1ccc2c(c1)S(=O)(=O)N(c1ccc(C(F)(F)F)cc1)CCO2)c1cc[nH]c(=O)c1. The highest BCUT2D eigenvalue weighted by Crippen LogP contribution is 2.36. The number of sulfonamides is 1. The zero-order chi connectivity index (χ0) is 23.8. The molecule has 0 saturated carbocycles. The van der Waals surface area contributed by atoms with Gasteiger partial charge in [-0.05, 0) is 48.5 Å². The number of hydrogen-bond donors (Lipinski definition) is 2. The Hall–Kier alpha value is -3.80. The molecule has 2 N–H and O–H groups in total. The van der Waals surface area contributed by atoms with Crippen molar-refractivity contribution in [3.8, 4) is 5.75 Å². The number of fused-ring (bicyclic) bond motifs is 1. The van der Waals surface area contributed by atoms with Crippen LogP contribution in [0.2, 0.25) is 0 Å². The van der Waals surface area contributed by atoms with Crippen molar-refractivity contribution < 1.29 is 31.1 Å². The summed E-state index contributed by atoms with van der Waals surface area (Å²) < 4.78 is 71.7. The molecule has 0 bridgehead atoms. The van der Waals surface area contributed by atoms with E-state index in [1.165, 1.54) is 30.5 Å². The lowest BCUT2D eigenvalue weighted by atomic mass is 10.2. The largest absolute Gasteiger partial charge is 0.490 e. The molecule has 1 aromatic heterocycles. The number of nitrogens with zero attached hydrogens (tertiary/aromatic N) is 1. The van der Waals surface area contributed by atoms with Gasteiger partial charge in [-0.15, -0.1) is 0 Å². The number of carbonyl (C=O) groups excluding carboxylic acids is 1. The number of carbonyl (C=O) groups is 1. The molecule has 0 aliphatic carbocycles. The van der Waals surface area contributed by atoms with Gasteiger partial charge in [0.15, 0.2) is 0 Å². The summed E-state index contributed by atoms with van der Waals surface area (Å²) in [6.07, 6.45) is -3.25. The smallest absolute Gasteiger partial charge is 0.416 e. The Balaban J connectivity index is 1.67. The predicted octanol–water partition coefficient (Wildman–Crippen LogP) is 3.23. The number of rotatable bonds is 3. The van der Waals surface area contributed by atoms with E-state index in [0.29, 0.717) is 0 Å².